The van der Waals surface area contributed by atoms with Crippen molar-refractivity contribution in [3.05, 3.63) is 94.3 Å². The van der Waals surface area contributed by atoms with Crippen LogP contribution in [0.15, 0.2) is 78.2 Å². The molecule has 0 atom stereocenters. The Hall–Kier alpha value is -3.46. The zero-order chi connectivity index (χ0) is 28.4. The second-order valence-electron chi connectivity index (χ2n) is 10.1. The number of hydrogen-bond donors (Lipinski definition) is 1. The van der Waals surface area contributed by atoms with Gasteiger partial charge in [-0.05, 0) is 79.6 Å². The zero-order valence-corrected chi connectivity index (χ0v) is 25.0. The van der Waals surface area contributed by atoms with Crippen LogP contribution in [-0.2, 0) is 16.7 Å². The van der Waals surface area contributed by atoms with Gasteiger partial charge in [0.05, 0.1) is 11.4 Å². The van der Waals surface area contributed by atoms with Crippen molar-refractivity contribution in [2.24, 2.45) is 0 Å². The van der Waals surface area contributed by atoms with E-state index in [2.05, 4.69) is 74.7 Å². The molecular formula is C32H35N2O4S2+. The molecule has 0 radical (unpaired) electrons. The van der Waals surface area contributed by atoms with Crippen LogP contribution in [0, 0.1) is 13.8 Å². The fourth-order valence-electron chi connectivity index (χ4n) is 5.00. The summed E-state index contributed by atoms with van der Waals surface area (Å²) in [6, 6.07) is 20.7. The molecule has 40 heavy (non-hydrogen) atoms. The minimum Gasteiger partial charge on any atom is -0.439 e. The average molecular weight is 576 g/mol. The molecule has 3 aromatic carbocycles. The van der Waals surface area contributed by atoms with Crippen molar-refractivity contribution >= 4 is 43.4 Å². The molecule has 0 bridgehead atoms. The Morgan fingerprint density at radius 1 is 1.02 bits per heavy atom. The van der Waals surface area contributed by atoms with Gasteiger partial charge in [-0.15, -0.1) is 0 Å². The van der Waals surface area contributed by atoms with Crippen LogP contribution in [0.3, 0.4) is 0 Å². The van der Waals surface area contributed by atoms with Crippen molar-refractivity contribution in [2.75, 3.05) is 17.2 Å². The first kappa shape index (κ1) is 28.1. The fourth-order valence-corrected chi connectivity index (χ4v) is 6.78. The number of fused-ring (bicyclic) bond motifs is 2. The normalized spacial score (nSPS) is 14.7. The number of allylic oxidation sites excluding steroid dienone is 2. The maximum Gasteiger partial charge on any atom is 0.264 e. The first-order valence-corrected chi connectivity index (χ1v) is 16.0. The molecule has 1 aliphatic heterocycles. The fraction of sp³-hybridized carbons (Fsp3) is 0.281. The van der Waals surface area contributed by atoms with Crippen molar-refractivity contribution in [1.29, 1.82) is 0 Å². The van der Waals surface area contributed by atoms with Gasteiger partial charge in [0.2, 0.25) is 11.4 Å². The molecule has 0 saturated heterocycles. The van der Waals surface area contributed by atoms with E-state index in [1.165, 1.54) is 26.4 Å². The summed E-state index contributed by atoms with van der Waals surface area (Å²) in [7, 11) is -4.06. The van der Waals surface area contributed by atoms with E-state index in [0.717, 1.165) is 41.1 Å². The zero-order valence-electron chi connectivity index (χ0n) is 23.3. The number of aryl methyl sites for hydroxylation is 3. The topological polar surface area (TPSA) is 70.7 Å². The monoisotopic (exact) mass is 575 g/mol. The molecule has 1 aliphatic rings. The summed E-state index contributed by atoms with van der Waals surface area (Å²) in [5.41, 5.74) is 7.95. The number of nitrogens with zero attached hydrogens (tertiary/aromatic N) is 2. The molecule has 1 N–H and O–H groups in total. The van der Waals surface area contributed by atoms with Gasteiger partial charge in [0, 0.05) is 24.8 Å². The lowest BCUT2D eigenvalue weighted by atomic mass is 10.0. The molecule has 0 saturated carbocycles. The second kappa shape index (κ2) is 11.6. The lowest BCUT2D eigenvalue weighted by Crippen LogP contribution is -2.33. The van der Waals surface area contributed by atoms with Crippen molar-refractivity contribution in [2.45, 2.75) is 47.1 Å². The number of anilines is 1. The number of rotatable bonds is 9. The quantitative estimate of drug-likeness (QED) is 0.167. The summed E-state index contributed by atoms with van der Waals surface area (Å²) >= 11 is 1.79. The SMILES string of the molecule is CCC(=Cc1sc2cc(C)c(C)cc2[n+]1CC)C=C1Oc2ccc(-c3ccccc3)cc2N1CCCS(=O)(=O)O. The lowest BCUT2D eigenvalue weighted by Gasteiger charge is -2.19. The Kier molecular flexibility index (Phi) is 8.12. The van der Waals surface area contributed by atoms with Crippen LogP contribution in [0.5, 0.6) is 5.75 Å². The molecule has 0 spiro atoms. The first-order chi connectivity index (χ1) is 19.2. The van der Waals surface area contributed by atoms with E-state index < -0.39 is 10.1 Å². The molecule has 0 unspecified atom stereocenters. The summed E-state index contributed by atoms with van der Waals surface area (Å²) in [4.78, 5) is 2.02. The van der Waals surface area contributed by atoms with Crippen LogP contribution in [0.25, 0.3) is 27.4 Å². The van der Waals surface area contributed by atoms with E-state index in [-0.39, 0.29) is 12.2 Å². The predicted octanol–water partition coefficient (Wildman–Crippen LogP) is 7.30. The van der Waals surface area contributed by atoms with E-state index in [1.807, 2.05) is 35.2 Å². The first-order valence-electron chi connectivity index (χ1n) is 13.6. The summed E-state index contributed by atoms with van der Waals surface area (Å²) in [5, 5.41) is 1.18. The van der Waals surface area contributed by atoms with Crippen LogP contribution < -0.4 is 14.2 Å². The van der Waals surface area contributed by atoms with E-state index in [0.29, 0.717) is 12.4 Å². The summed E-state index contributed by atoms with van der Waals surface area (Å²) < 4.78 is 42.2. The number of hydrogen-bond acceptors (Lipinski definition) is 5. The highest BCUT2D eigenvalue weighted by Gasteiger charge is 2.28. The molecule has 4 aromatic rings. The van der Waals surface area contributed by atoms with E-state index in [4.69, 9.17) is 4.74 Å². The molecular weight excluding hydrogens is 540 g/mol. The van der Waals surface area contributed by atoms with Crippen molar-refractivity contribution in [3.63, 3.8) is 0 Å². The number of aromatic nitrogens is 1. The van der Waals surface area contributed by atoms with Crippen LogP contribution in [-0.4, -0.2) is 25.3 Å². The summed E-state index contributed by atoms with van der Waals surface area (Å²) in [6.45, 7) is 9.85. The number of thiazole rings is 1. The van der Waals surface area contributed by atoms with Gasteiger partial charge in [-0.1, -0.05) is 54.7 Å². The summed E-state index contributed by atoms with van der Waals surface area (Å²) in [5.74, 6) is 1.07. The van der Waals surface area contributed by atoms with E-state index in [9.17, 15) is 13.0 Å². The minimum atomic E-state index is -4.06. The number of benzene rings is 3. The van der Waals surface area contributed by atoms with Crippen LogP contribution in [0.1, 0.15) is 42.8 Å². The Bertz CT molecular complexity index is 1720. The predicted molar refractivity (Wildman–Crippen MR) is 164 cm³/mol. The van der Waals surface area contributed by atoms with Crippen molar-refractivity contribution < 1.29 is 22.3 Å². The van der Waals surface area contributed by atoms with Gasteiger partial charge >= 0.3 is 0 Å². The Morgan fingerprint density at radius 3 is 2.48 bits per heavy atom. The molecule has 2 heterocycles. The van der Waals surface area contributed by atoms with Gasteiger partial charge in [-0.3, -0.25) is 4.55 Å². The van der Waals surface area contributed by atoms with Crippen molar-refractivity contribution in [1.82, 2.24) is 0 Å². The molecule has 0 amide bonds. The second-order valence-corrected chi connectivity index (χ2v) is 12.7. The molecule has 1 aromatic heterocycles. The van der Waals surface area contributed by atoms with Gasteiger partial charge in [0.15, 0.2) is 5.75 Å². The Morgan fingerprint density at radius 2 is 1.77 bits per heavy atom. The molecule has 208 valence electrons. The lowest BCUT2D eigenvalue weighted by molar-refractivity contribution is -0.665. The van der Waals surface area contributed by atoms with E-state index in [1.54, 1.807) is 11.3 Å². The van der Waals surface area contributed by atoms with Gasteiger partial charge < -0.3 is 9.64 Å². The third-order valence-electron chi connectivity index (χ3n) is 7.31. The van der Waals surface area contributed by atoms with Crippen molar-refractivity contribution in [3.8, 4) is 16.9 Å². The standard InChI is InChI=1S/C32H34N2O4S2/c1-5-24(20-32-33(6-2)28-17-22(3)23(4)18-30(28)39-32)19-31-34(15-10-16-40(35,36)37)27-21-26(13-14-29(27)38-31)25-11-8-7-9-12-25/h7-9,11-14,17-21H,5-6,10,15-16H2,1-4H3/p+1. The summed E-state index contributed by atoms with van der Waals surface area (Å²) in [6.07, 6.45) is 5.35. The molecule has 8 heteroatoms. The molecule has 5 rings (SSSR count). The Balaban J connectivity index is 1.54. The molecule has 0 fully saturated rings. The smallest absolute Gasteiger partial charge is 0.264 e. The third-order valence-corrected chi connectivity index (χ3v) is 9.21. The Labute approximate surface area is 240 Å². The van der Waals surface area contributed by atoms with Gasteiger partial charge in [-0.25, -0.2) is 0 Å². The van der Waals surface area contributed by atoms with Crippen LogP contribution in [0.4, 0.5) is 5.69 Å². The van der Waals surface area contributed by atoms with Crippen LogP contribution >= 0.6 is 11.3 Å². The molecule has 0 aliphatic carbocycles. The van der Waals surface area contributed by atoms with Gasteiger partial charge in [0.25, 0.3) is 15.1 Å². The average Bonchev–Trinajstić information content (AvgIpc) is 3.44. The number of ether oxygens (including phenoxy) is 1. The van der Waals surface area contributed by atoms with Crippen LogP contribution in [0.2, 0.25) is 0 Å². The largest absolute Gasteiger partial charge is 0.439 e. The molecule has 6 nitrogen and oxygen atoms in total. The van der Waals surface area contributed by atoms with E-state index >= 15 is 0 Å². The highest BCUT2D eigenvalue weighted by Crippen LogP contribution is 2.42. The maximum absolute atomic E-state index is 11.5. The third kappa shape index (κ3) is 5.99. The minimum absolute atomic E-state index is 0.268. The highest BCUT2D eigenvalue weighted by atomic mass is 32.2. The maximum atomic E-state index is 11.5. The highest BCUT2D eigenvalue weighted by molar-refractivity contribution is 7.85. The van der Waals surface area contributed by atoms with Gasteiger partial charge in [0.1, 0.15) is 11.2 Å². The van der Waals surface area contributed by atoms with Gasteiger partial charge in [-0.2, -0.15) is 13.0 Å².